The number of benzene rings is 2. The minimum atomic E-state index is -0.611. The summed E-state index contributed by atoms with van der Waals surface area (Å²) in [6.07, 6.45) is 2.68. The molecule has 2 atom stereocenters. The molecule has 136 valence electrons. The molecule has 2 aromatic carbocycles. The summed E-state index contributed by atoms with van der Waals surface area (Å²) in [6, 6.07) is 16.3. The van der Waals surface area contributed by atoms with Gasteiger partial charge in [-0.3, -0.25) is 4.90 Å². The lowest BCUT2D eigenvalue weighted by atomic mass is 9.87. The second kappa shape index (κ2) is 5.58. The van der Waals surface area contributed by atoms with Gasteiger partial charge in [0, 0.05) is 37.9 Å². The molecule has 2 aromatic rings. The van der Waals surface area contributed by atoms with E-state index in [0.29, 0.717) is 17.6 Å². The van der Waals surface area contributed by atoms with E-state index in [1.165, 1.54) is 16.7 Å². The Morgan fingerprint density at radius 1 is 1.00 bits per heavy atom. The number of rotatable bonds is 4. The molecular formula is C23H27NO2. The first kappa shape index (κ1) is 16.3. The maximum atomic E-state index is 11.1. The third kappa shape index (κ3) is 2.34. The highest BCUT2D eigenvalue weighted by molar-refractivity contribution is 5.42. The molecule has 1 heterocycles. The molecule has 1 saturated carbocycles. The molecule has 0 radical (unpaired) electrons. The number of hydrogen-bond donors (Lipinski definition) is 2. The van der Waals surface area contributed by atoms with Crippen LogP contribution in [0.5, 0.6) is 5.75 Å². The molecule has 2 N–H and O–H groups in total. The molecule has 0 bridgehead atoms. The molecule has 2 fully saturated rings. The Bertz CT molecular complexity index is 809. The predicted molar refractivity (Wildman–Crippen MR) is 102 cm³/mol. The van der Waals surface area contributed by atoms with Gasteiger partial charge in [-0.15, -0.1) is 0 Å². The van der Waals surface area contributed by atoms with Gasteiger partial charge in [0.05, 0.1) is 5.60 Å². The van der Waals surface area contributed by atoms with Crippen LogP contribution in [-0.4, -0.2) is 40.3 Å². The van der Waals surface area contributed by atoms with E-state index < -0.39 is 5.60 Å². The van der Waals surface area contributed by atoms with Gasteiger partial charge in [-0.2, -0.15) is 0 Å². The zero-order valence-electron chi connectivity index (χ0n) is 15.4. The lowest BCUT2D eigenvalue weighted by Gasteiger charge is -2.32. The van der Waals surface area contributed by atoms with Crippen molar-refractivity contribution in [3.63, 3.8) is 0 Å². The number of aromatic hydroxyl groups is 1. The van der Waals surface area contributed by atoms with Crippen LogP contribution in [0.4, 0.5) is 0 Å². The summed E-state index contributed by atoms with van der Waals surface area (Å²) in [5.74, 6) is 1.68. The lowest BCUT2D eigenvalue weighted by Crippen LogP contribution is -2.45. The van der Waals surface area contributed by atoms with E-state index in [4.69, 9.17) is 0 Å². The largest absolute Gasteiger partial charge is 0.508 e. The maximum Gasteiger partial charge on any atom is 0.115 e. The maximum absolute atomic E-state index is 11.1. The average molecular weight is 349 g/mol. The molecule has 1 aliphatic heterocycles. The van der Waals surface area contributed by atoms with Crippen LogP contribution in [0, 0.1) is 11.8 Å². The molecule has 0 aromatic heterocycles. The summed E-state index contributed by atoms with van der Waals surface area (Å²) >= 11 is 0. The van der Waals surface area contributed by atoms with Crippen molar-refractivity contribution >= 4 is 0 Å². The summed E-state index contributed by atoms with van der Waals surface area (Å²) in [4.78, 5) is 2.47. The Labute approximate surface area is 155 Å². The van der Waals surface area contributed by atoms with Crippen molar-refractivity contribution in [1.29, 1.82) is 0 Å². The normalized spacial score (nSPS) is 31.6. The third-order valence-corrected chi connectivity index (χ3v) is 7.25. The fourth-order valence-corrected chi connectivity index (χ4v) is 6.10. The van der Waals surface area contributed by atoms with Crippen LogP contribution in [0.2, 0.25) is 0 Å². The van der Waals surface area contributed by atoms with Gasteiger partial charge in [-0.05, 0) is 47.1 Å². The number of aliphatic hydroxyl groups is 1. The number of β-amino-alcohol motifs (C(OH)–C–C–N with tert-alkyl or cyclic N) is 1. The Kier molecular flexibility index (Phi) is 3.51. The fourth-order valence-electron chi connectivity index (χ4n) is 6.10. The number of fused-ring (bicyclic) bond motifs is 2. The number of nitrogens with zero attached hydrogens (tertiary/aromatic N) is 1. The smallest absolute Gasteiger partial charge is 0.115 e. The number of phenols is 1. The van der Waals surface area contributed by atoms with Crippen LogP contribution in [0.1, 0.15) is 30.0 Å². The minimum absolute atomic E-state index is 0.233. The summed E-state index contributed by atoms with van der Waals surface area (Å²) in [5, 5.41) is 21.0. The van der Waals surface area contributed by atoms with Crippen LogP contribution in [-0.2, 0) is 18.3 Å². The van der Waals surface area contributed by atoms with Crippen molar-refractivity contribution in [3.05, 3.63) is 65.2 Å². The Hall–Kier alpha value is -1.84. The molecule has 0 spiro atoms. The number of phenolic OH excluding ortho intramolecular Hbond substituents is 1. The van der Waals surface area contributed by atoms with Gasteiger partial charge in [0.2, 0.25) is 0 Å². The molecule has 2 aliphatic carbocycles. The summed E-state index contributed by atoms with van der Waals surface area (Å²) in [5.41, 5.74) is 3.53. The van der Waals surface area contributed by atoms with Crippen LogP contribution in [0.3, 0.4) is 0 Å². The van der Waals surface area contributed by atoms with Crippen molar-refractivity contribution in [2.45, 2.75) is 37.2 Å². The van der Waals surface area contributed by atoms with Gasteiger partial charge < -0.3 is 10.2 Å². The van der Waals surface area contributed by atoms with Crippen LogP contribution in [0.15, 0.2) is 48.5 Å². The Balaban J connectivity index is 1.28. The van der Waals surface area contributed by atoms with Crippen molar-refractivity contribution in [2.24, 2.45) is 11.8 Å². The standard InChI is InChI=1S/C23H27NO2/c1-2-23(18-8-5-9-19(25)10-18)20-13-24(14-21(20)23)15-22(26)11-16-6-3-4-7-17(16)12-22/h3-10,20-21,25-26H,2,11-15H2,1H3. The van der Waals surface area contributed by atoms with E-state index in [2.05, 4.69) is 42.2 Å². The Morgan fingerprint density at radius 3 is 2.23 bits per heavy atom. The lowest BCUT2D eigenvalue weighted by molar-refractivity contribution is 0.0139. The van der Waals surface area contributed by atoms with Crippen LogP contribution < -0.4 is 0 Å². The highest BCUT2D eigenvalue weighted by Crippen LogP contribution is 2.65. The van der Waals surface area contributed by atoms with Gasteiger partial charge in [0.25, 0.3) is 0 Å². The Morgan fingerprint density at radius 2 is 1.65 bits per heavy atom. The zero-order chi connectivity index (χ0) is 17.9. The average Bonchev–Trinajstić information content (AvgIpc) is 2.91. The minimum Gasteiger partial charge on any atom is -0.508 e. The third-order valence-electron chi connectivity index (χ3n) is 7.25. The second-order valence-corrected chi connectivity index (χ2v) is 8.70. The first-order valence-electron chi connectivity index (χ1n) is 9.85. The molecular weight excluding hydrogens is 322 g/mol. The summed E-state index contributed by atoms with van der Waals surface area (Å²) in [6.45, 7) is 5.17. The molecule has 5 rings (SSSR count). The topological polar surface area (TPSA) is 43.7 Å². The van der Waals surface area contributed by atoms with E-state index >= 15 is 0 Å². The summed E-state index contributed by atoms with van der Waals surface area (Å²) < 4.78 is 0. The second-order valence-electron chi connectivity index (χ2n) is 8.70. The van der Waals surface area contributed by atoms with E-state index in [1.807, 2.05) is 12.1 Å². The predicted octanol–water partition coefficient (Wildman–Crippen LogP) is 3.13. The van der Waals surface area contributed by atoms with E-state index in [9.17, 15) is 10.2 Å². The fraction of sp³-hybridized carbons (Fsp3) is 0.478. The van der Waals surface area contributed by atoms with Gasteiger partial charge in [-0.25, -0.2) is 0 Å². The highest BCUT2D eigenvalue weighted by Gasteiger charge is 2.67. The van der Waals surface area contributed by atoms with E-state index in [1.54, 1.807) is 6.07 Å². The van der Waals surface area contributed by atoms with Crippen molar-refractivity contribution < 1.29 is 10.2 Å². The molecule has 3 nitrogen and oxygen atoms in total. The van der Waals surface area contributed by atoms with E-state index in [0.717, 1.165) is 38.9 Å². The number of piperidine rings is 1. The monoisotopic (exact) mass is 349 g/mol. The quantitative estimate of drug-likeness (QED) is 0.891. The van der Waals surface area contributed by atoms with Gasteiger partial charge in [0.15, 0.2) is 0 Å². The van der Waals surface area contributed by atoms with Gasteiger partial charge >= 0.3 is 0 Å². The number of likely N-dealkylation sites (tertiary alicyclic amines) is 1. The van der Waals surface area contributed by atoms with Gasteiger partial charge in [-0.1, -0.05) is 43.3 Å². The first-order chi connectivity index (χ1) is 12.5. The van der Waals surface area contributed by atoms with Crippen LogP contribution in [0.25, 0.3) is 0 Å². The van der Waals surface area contributed by atoms with Gasteiger partial charge in [0.1, 0.15) is 5.75 Å². The molecule has 0 amide bonds. The zero-order valence-corrected chi connectivity index (χ0v) is 15.4. The van der Waals surface area contributed by atoms with Crippen molar-refractivity contribution in [3.8, 4) is 5.75 Å². The molecule has 1 saturated heterocycles. The number of hydrogen-bond acceptors (Lipinski definition) is 3. The molecule has 26 heavy (non-hydrogen) atoms. The molecule has 2 unspecified atom stereocenters. The molecule has 3 heteroatoms. The van der Waals surface area contributed by atoms with Crippen molar-refractivity contribution in [2.75, 3.05) is 19.6 Å². The van der Waals surface area contributed by atoms with Crippen LogP contribution >= 0.6 is 0 Å². The highest BCUT2D eigenvalue weighted by atomic mass is 16.3. The van der Waals surface area contributed by atoms with Crippen molar-refractivity contribution in [1.82, 2.24) is 4.90 Å². The van der Waals surface area contributed by atoms with E-state index in [-0.39, 0.29) is 5.41 Å². The summed E-state index contributed by atoms with van der Waals surface area (Å²) in [7, 11) is 0. The first-order valence-corrected chi connectivity index (χ1v) is 9.85. The SMILES string of the molecule is CCC1(c2cccc(O)c2)C2CN(CC3(O)Cc4ccccc4C3)CC21. The molecule has 3 aliphatic rings.